The number of aromatic amines is 1. The second kappa shape index (κ2) is 10.5. The predicted octanol–water partition coefficient (Wildman–Crippen LogP) is 5.55. The first kappa shape index (κ1) is 29.8. The zero-order chi connectivity index (χ0) is 32.7. The molecule has 6 heterocycles. The summed E-state index contributed by atoms with van der Waals surface area (Å²) in [6.07, 6.45) is 12.9. The standard InChI is InChI=1S/C36H41N9O2/c1-34(2,47-5)22-45-21-25(19-40-45)31-28(23-7-8-26-24(17-23)18-39-43(26)4)29-30-27(20-38-32(29)41-31)42(3)33(46)36(30)12-15-44(16-13-36)35(11-14-37)9-6-10-35/h7-8,17-21H,6,9-13,15-16,22H2,1-5H3,(H,38,41). The number of amides is 1. The first-order valence-corrected chi connectivity index (χ1v) is 16.6. The number of likely N-dealkylation sites (N-methyl/N-ethyl adjacent to an activating group) is 1. The lowest BCUT2D eigenvalue weighted by Crippen LogP contribution is -2.59. The van der Waals surface area contributed by atoms with E-state index in [4.69, 9.17) is 14.8 Å². The van der Waals surface area contributed by atoms with E-state index in [1.165, 1.54) is 0 Å². The van der Waals surface area contributed by atoms with Crippen molar-refractivity contribution in [2.24, 2.45) is 7.05 Å². The van der Waals surface area contributed by atoms with Gasteiger partial charge in [-0.1, -0.05) is 6.07 Å². The van der Waals surface area contributed by atoms with Crippen molar-refractivity contribution in [2.45, 2.75) is 75.5 Å². The van der Waals surface area contributed by atoms with Crippen LogP contribution in [0.1, 0.15) is 57.9 Å². The van der Waals surface area contributed by atoms with E-state index in [0.29, 0.717) is 25.8 Å². The van der Waals surface area contributed by atoms with E-state index in [-0.39, 0.29) is 17.0 Å². The normalized spacial score (nSPS) is 19.1. The molecule has 2 aliphatic heterocycles. The summed E-state index contributed by atoms with van der Waals surface area (Å²) in [6.45, 7) is 6.27. The van der Waals surface area contributed by atoms with Crippen LogP contribution in [-0.2, 0) is 28.5 Å². The van der Waals surface area contributed by atoms with Crippen LogP contribution in [0.15, 0.2) is 43.0 Å². The number of nitrogens with one attached hydrogen (secondary N) is 1. The number of carbonyl (C=O) groups excluding carboxylic acids is 1. The maximum atomic E-state index is 14.4. The number of nitriles is 1. The van der Waals surface area contributed by atoms with Crippen molar-refractivity contribution >= 4 is 33.5 Å². The zero-order valence-corrected chi connectivity index (χ0v) is 27.8. The Morgan fingerprint density at radius 2 is 1.85 bits per heavy atom. The van der Waals surface area contributed by atoms with E-state index < -0.39 is 5.41 Å². The number of ether oxygens (including phenoxy) is 1. The summed E-state index contributed by atoms with van der Waals surface area (Å²) in [4.78, 5) is 27.3. The number of pyridine rings is 1. The number of anilines is 1. The Labute approximate surface area is 274 Å². The number of aryl methyl sites for hydroxylation is 1. The maximum Gasteiger partial charge on any atom is 0.237 e. The van der Waals surface area contributed by atoms with Gasteiger partial charge in [-0.2, -0.15) is 15.5 Å². The van der Waals surface area contributed by atoms with E-state index in [2.05, 4.69) is 45.4 Å². The highest BCUT2D eigenvalue weighted by Crippen LogP contribution is 2.55. The molecule has 1 saturated carbocycles. The molecular weight excluding hydrogens is 590 g/mol. The number of fused-ring (bicyclic) bond motifs is 5. The van der Waals surface area contributed by atoms with E-state index >= 15 is 0 Å². The SMILES string of the molecule is COC(C)(C)Cn1cc(-c2[nH]c3ncc4c(c3c2-c2ccc3c(cnn3C)c2)C2(CCN(C3(CC#N)CCC3)CC2)C(=O)N4C)cn1. The summed E-state index contributed by atoms with van der Waals surface area (Å²) < 4.78 is 9.49. The molecule has 11 nitrogen and oxygen atoms in total. The highest BCUT2D eigenvalue weighted by Gasteiger charge is 2.55. The Balaban J connectivity index is 1.32. The monoisotopic (exact) mass is 631 g/mol. The lowest BCUT2D eigenvalue weighted by atomic mass is 9.68. The minimum atomic E-state index is -0.668. The average molecular weight is 632 g/mol. The van der Waals surface area contributed by atoms with Gasteiger partial charge in [0.05, 0.1) is 65.5 Å². The number of piperidine rings is 1. The third kappa shape index (κ3) is 4.38. The van der Waals surface area contributed by atoms with E-state index in [1.807, 2.05) is 60.8 Å². The van der Waals surface area contributed by atoms with Crippen LogP contribution >= 0.6 is 0 Å². The highest BCUT2D eigenvalue weighted by atomic mass is 16.5. The molecule has 5 aromatic rings. The number of carbonyl (C=O) groups is 1. The fourth-order valence-electron chi connectivity index (χ4n) is 8.44. The second-order valence-corrected chi connectivity index (χ2v) is 14.4. The van der Waals surface area contributed by atoms with Gasteiger partial charge in [-0.25, -0.2) is 4.98 Å². The molecule has 47 heavy (non-hydrogen) atoms. The molecule has 1 aliphatic carbocycles. The first-order chi connectivity index (χ1) is 22.6. The molecule has 1 amide bonds. The molecule has 1 saturated heterocycles. The number of hydrogen-bond acceptors (Lipinski definition) is 7. The van der Waals surface area contributed by atoms with Crippen LogP contribution < -0.4 is 4.90 Å². The lowest BCUT2D eigenvalue weighted by molar-refractivity contribution is -0.126. The summed E-state index contributed by atoms with van der Waals surface area (Å²) >= 11 is 0. The molecule has 0 radical (unpaired) electrons. The van der Waals surface area contributed by atoms with Crippen molar-refractivity contribution in [3.63, 3.8) is 0 Å². The lowest BCUT2D eigenvalue weighted by Gasteiger charge is -2.53. The molecule has 1 N–H and O–H groups in total. The molecule has 1 aromatic carbocycles. The summed E-state index contributed by atoms with van der Waals surface area (Å²) in [7, 11) is 5.55. The van der Waals surface area contributed by atoms with Crippen LogP contribution in [0.4, 0.5) is 5.69 Å². The van der Waals surface area contributed by atoms with E-state index in [9.17, 15) is 10.1 Å². The molecule has 0 atom stereocenters. The molecule has 4 aromatic heterocycles. The number of likely N-dealkylation sites (tertiary alicyclic amines) is 1. The van der Waals surface area contributed by atoms with Gasteiger partial charge < -0.3 is 14.6 Å². The highest BCUT2D eigenvalue weighted by molar-refractivity contribution is 6.16. The van der Waals surface area contributed by atoms with Gasteiger partial charge in [-0.3, -0.25) is 19.1 Å². The van der Waals surface area contributed by atoms with Gasteiger partial charge in [-0.15, -0.1) is 0 Å². The third-order valence-electron chi connectivity index (χ3n) is 11.4. The molecule has 8 rings (SSSR count). The van der Waals surface area contributed by atoms with Gasteiger partial charge in [-0.05, 0) is 63.6 Å². The van der Waals surface area contributed by atoms with Crippen LogP contribution in [0.25, 0.3) is 44.3 Å². The molecular formula is C36H41N9O2. The molecule has 242 valence electrons. The maximum absolute atomic E-state index is 14.4. The fraction of sp³-hybridized carbons (Fsp3) is 0.472. The van der Waals surface area contributed by atoms with Crippen molar-refractivity contribution in [2.75, 3.05) is 32.1 Å². The average Bonchev–Trinajstić information content (AvgIpc) is 3.81. The molecule has 0 unspecified atom stereocenters. The number of hydrogen-bond donors (Lipinski definition) is 1. The topological polar surface area (TPSA) is 121 Å². The number of methoxy groups -OCH3 is 1. The Morgan fingerprint density at radius 1 is 1.06 bits per heavy atom. The van der Waals surface area contributed by atoms with Gasteiger partial charge in [0, 0.05) is 73.5 Å². The minimum absolute atomic E-state index is 0.0383. The quantitative estimate of drug-likeness (QED) is 0.250. The van der Waals surface area contributed by atoms with Crippen molar-refractivity contribution in [1.29, 1.82) is 5.26 Å². The van der Waals surface area contributed by atoms with Crippen molar-refractivity contribution < 1.29 is 9.53 Å². The fourth-order valence-corrected chi connectivity index (χ4v) is 8.44. The molecule has 3 aliphatic rings. The number of benzene rings is 1. The summed E-state index contributed by atoms with van der Waals surface area (Å²) in [5, 5.41) is 20.9. The van der Waals surface area contributed by atoms with Crippen LogP contribution in [0.2, 0.25) is 0 Å². The number of nitrogens with zero attached hydrogens (tertiary/aromatic N) is 8. The molecule has 1 spiro atoms. The number of aromatic nitrogens is 6. The summed E-state index contributed by atoms with van der Waals surface area (Å²) in [5.74, 6) is 0.135. The van der Waals surface area contributed by atoms with Crippen LogP contribution in [0.5, 0.6) is 0 Å². The van der Waals surface area contributed by atoms with Crippen LogP contribution in [0, 0.1) is 11.3 Å². The van der Waals surface area contributed by atoms with Gasteiger partial charge >= 0.3 is 0 Å². The Bertz CT molecular complexity index is 2080. The zero-order valence-electron chi connectivity index (χ0n) is 27.8. The van der Waals surface area contributed by atoms with E-state index in [0.717, 1.165) is 87.9 Å². The number of rotatable bonds is 7. The second-order valence-electron chi connectivity index (χ2n) is 14.4. The Hall–Kier alpha value is -4.53. The molecule has 2 fully saturated rings. The Morgan fingerprint density at radius 3 is 2.55 bits per heavy atom. The smallest absolute Gasteiger partial charge is 0.237 e. The van der Waals surface area contributed by atoms with Crippen LogP contribution in [-0.4, -0.2) is 78.7 Å². The largest absolute Gasteiger partial charge is 0.377 e. The van der Waals surface area contributed by atoms with Crippen molar-refractivity contribution in [1.82, 2.24) is 34.4 Å². The summed E-state index contributed by atoms with van der Waals surface area (Å²) in [6, 6.07) is 8.89. The third-order valence-corrected chi connectivity index (χ3v) is 11.4. The minimum Gasteiger partial charge on any atom is -0.377 e. The molecule has 11 heteroatoms. The number of H-pyrrole nitrogens is 1. The van der Waals surface area contributed by atoms with Gasteiger partial charge in [0.1, 0.15) is 5.65 Å². The van der Waals surface area contributed by atoms with E-state index in [1.54, 1.807) is 7.11 Å². The van der Waals surface area contributed by atoms with Gasteiger partial charge in [0.15, 0.2) is 0 Å². The van der Waals surface area contributed by atoms with Gasteiger partial charge in [0.2, 0.25) is 5.91 Å². The van der Waals surface area contributed by atoms with Crippen molar-refractivity contribution in [3.8, 4) is 28.5 Å². The summed E-state index contributed by atoms with van der Waals surface area (Å²) in [5.41, 5.74) is 6.57. The van der Waals surface area contributed by atoms with Crippen LogP contribution in [0.3, 0.4) is 0 Å². The van der Waals surface area contributed by atoms with Crippen molar-refractivity contribution in [3.05, 3.63) is 48.5 Å². The van der Waals surface area contributed by atoms with Gasteiger partial charge in [0.25, 0.3) is 0 Å². The Kier molecular flexibility index (Phi) is 6.66. The predicted molar refractivity (Wildman–Crippen MR) is 181 cm³/mol. The molecule has 0 bridgehead atoms. The first-order valence-electron chi connectivity index (χ1n) is 16.6.